The Hall–Kier alpha value is -2.35. The molecule has 0 saturated heterocycles. The number of hydrogen-bond acceptors (Lipinski definition) is 5. The third kappa shape index (κ3) is 3.37. The van der Waals surface area contributed by atoms with Gasteiger partial charge >= 0.3 is 6.18 Å². The largest absolute Gasteiger partial charge is 0.445 e. The summed E-state index contributed by atoms with van der Waals surface area (Å²) < 4.78 is 42.9. The fourth-order valence-corrected chi connectivity index (χ4v) is 2.81. The Morgan fingerprint density at radius 3 is 2.78 bits per heavy atom. The van der Waals surface area contributed by atoms with Crippen molar-refractivity contribution < 1.29 is 17.6 Å². The van der Waals surface area contributed by atoms with Crippen molar-refractivity contribution in [2.75, 3.05) is 5.32 Å². The minimum Gasteiger partial charge on any atom is -0.445 e. The van der Waals surface area contributed by atoms with Crippen LogP contribution in [0.5, 0.6) is 0 Å². The number of thiazole rings is 1. The van der Waals surface area contributed by atoms with Crippen LogP contribution in [0.15, 0.2) is 40.5 Å². The predicted octanol–water partition coefficient (Wildman–Crippen LogP) is 4.74. The van der Waals surface area contributed by atoms with Crippen molar-refractivity contribution in [3.8, 4) is 11.5 Å². The second kappa shape index (κ2) is 6.04. The van der Waals surface area contributed by atoms with Crippen LogP contribution in [0.25, 0.3) is 11.5 Å². The number of hydrogen-bond donors (Lipinski definition) is 1. The summed E-state index contributed by atoms with van der Waals surface area (Å²) in [6.45, 7) is 2.10. The second-order valence-electron chi connectivity index (χ2n) is 4.81. The number of halogens is 3. The van der Waals surface area contributed by atoms with E-state index in [1.165, 1.54) is 11.6 Å². The van der Waals surface area contributed by atoms with E-state index < -0.39 is 11.2 Å². The molecule has 0 aliphatic rings. The highest BCUT2D eigenvalue weighted by Gasteiger charge is 2.34. The molecule has 8 heteroatoms. The summed E-state index contributed by atoms with van der Waals surface area (Å²) in [5.41, 5.74) is 2.88. The van der Waals surface area contributed by atoms with Crippen molar-refractivity contribution in [2.45, 2.75) is 19.6 Å². The Morgan fingerprint density at radius 1 is 1.30 bits per heavy atom. The van der Waals surface area contributed by atoms with Crippen LogP contribution in [0.4, 0.5) is 18.9 Å². The van der Waals surface area contributed by atoms with Gasteiger partial charge in [-0.3, -0.25) is 0 Å². The lowest BCUT2D eigenvalue weighted by Crippen LogP contribution is -2.06. The summed E-state index contributed by atoms with van der Waals surface area (Å²) in [5, 5.41) is 3.68. The van der Waals surface area contributed by atoms with E-state index in [4.69, 9.17) is 4.42 Å². The molecule has 2 aromatic heterocycles. The maximum atomic E-state index is 12.5. The molecule has 1 aromatic carbocycles. The smallest absolute Gasteiger partial charge is 0.443 e. The molecule has 0 saturated carbocycles. The summed E-state index contributed by atoms with van der Waals surface area (Å²) >= 11 is 0.596. The molecule has 3 rings (SSSR count). The maximum absolute atomic E-state index is 12.5. The van der Waals surface area contributed by atoms with Gasteiger partial charge in [-0.1, -0.05) is 6.07 Å². The molecule has 1 N–H and O–H groups in total. The molecule has 0 spiro atoms. The van der Waals surface area contributed by atoms with E-state index in [2.05, 4.69) is 15.3 Å². The number of anilines is 1. The second-order valence-corrected chi connectivity index (χ2v) is 5.67. The molecule has 0 aliphatic heterocycles. The topological polar surface area (TPSA) is 51.0 Å². The van der Waals surface area contributed by atoms with Crippen LogP contribution in [-0.2, 0) is 12.7 Å². The summed E-state index contributed by atoms with van der Waals surface area (Å²) in [7, 11) is 0. The first-order valence-electron chi connectivity index (χ1n) is 6.70. The van der Waals surface area contributed by atoms with Crippen molar-refractivity contribution in [3.63, 3.8) is 0 Å². The zero-order valence-electron chi connectivity index (χ0n) is 12.0. The molecule has 0 radical (unpaired) electrons. The van der Waals surface area contributed by atoms with Gasteiger partial charge in [0.25, 0.3) is 0 Å². The predicted molar refractivity (Wildman–Crippen MR) is 81.1 cm³/mol. The number of nitrogens with one attached hydrogen (secondary N) is 1. The minimum absolute atomic E-state index is 0.211. The molecule has 0 fully saturated rings. The van der Waals surface area contributed by atoms with Crippen molar-refractivity contribution >= 4 is 17.0 Å². The zero-order valence-corrected chi connectivity index (χ0v) is 12.8. The third-order valence-corrected chi connectivity index (χ3v) is 4.19. The summed E-state index contributed by atoms with van der Waals surface area (Å²) in [6.07, 6.45) is -1.35. The molecule has 0 bridgehead atoms. The Balaban J connectivity index is 1.76. The van der Waals surface area contributed by atoms with Crippen molar-refractivity contribution in [1.82, 2.24) is 9.97 Å². The van der Waals surface area contributed by atoms with Crippen LogP contribution in [0.3, 0.4) is 0 Å². The summed E-state index contributed by atoms with van der Waals surface area (Å²) in [4.78, 5) is 7.71. The van der Waals surface area contributed by atoms with Gasteiger partial charge in [0.15, 0.2) is 5.01 Å². The molecule has 0 aliphatic carbocycles. The van der Waals surface area contributed by atoms with E-state index in [-0.39, 0.29) is 6.54 Å². The van der Waals surface area contributed by atoms with E-state index in [1.54, 1.807) is 6.20 Å². The number of oxazole rings is 1. The van der Waals surface area contributed by atoms with Gasteiger partial charge in [-0.2, -0.15) is 13.2 Å². The molecular weight excluding hydrogens is 327 g/mol. The lowest BCUT2D eigenvalue weighted by molar-refractivity contribution is -0.137. The first kappa shape index (κ1) is 15.5. The number of nitrogens with zero attached hydrogens (tertiary/aromatic N) is 2. The van der Waals surface area contributed by atoms with Gasteiger partial charge < -0.3 is 9.73 Å². The number of rotatable bonds is 4. The van der Waals surface area contributed by atoms with E-state index >= 15 is 0 Å². The van der Waals surface area contributed by atoms with Crippen LogP contribution in [-0.4, -0.2) is 9.97 Å². The van der Waals surface area contributed by atoms with Crippen molar-refractivity contribution in [1.29, 1.82) is 0 Å². The van der Waals surface area contributed by atoms with Gasteiger partial charge in [-0.05, 0) is 24.6 Å². The van der Waals surface area contributed by atoms with E-state index in [0.717, 1.165) is 16.8 Å². The molecule has 0 amide bonds. The van der Waals surface area contributed by atoms with E-state index in [9.17, 15) is 13.2 Å². The van der Waals surface area contributed by atoms with Crippen LogP contribution >= 0.6 is 11.3 Å². The van der Waals surface area contributed by atoms with E-state index in [0.29, 0.717) is 22.9 Å². The monoisotopic (exact) mass is 339 g/mol. The highest BCUT2D eigenvalue weighted by Crippen LogP contribution is 2.32. The SMILES string of the molecule is Cc1c(NCc2csc(C(F)(F)F)n2)cccc1-c1ncco1. The molecule has 4 nitrogen and oxygen atoms in total. The highest BCUT2D eigenvalue weighted by atomic mass is 32.1. The first-order chi connectivity index (χ1) is 10.9. The Morgan fingerprint density at radius 2 is 2.13 bits per heavy atom. The number of benzene rings is 1. The van der Waals surface area contributed by atoms with Gasteiger partial charge in [0.05, 0.1) is 18.4 Å². The van der Waals surface area contributed by atoms with Crippen LogP contribution < -0.4 is 5.32 Å². The quantitative estimate of drug-likeness (QED) is 0.746. The Labute approximate surface area is 134 Å². The molecule has 0 unspecified atom stereocenters. The first-order valence-corrected chi connectivity index (χ1v) is 7.58. The average Bonchev–Trinajstić information content (AvgIpc) is 3.17. The minimum atomic E-state index is -4.40. The van der Waals surface area contributed by atoms with Gasteiger partial charge in [0.1, 0.15) is 6.26 Å². The Bertz CT molecular complexity index is 797. The maximum Gasteiger partial charge on any atom is 0.443 e. The fraction of sp³-hybridized carbons (Fsp3) is 0.200. The van der Waals surface area contributed by atoms with Crippen LogP contribution in [0, 0.1) is 6.92 Å². The Kier molecular flexibility index (Phi) is 4.08. The van der Waals surface area contributed by atoms with Gasteiger partial charge in [0.2, 0.25) is 5.89 Å². The molecule has 3 aromatic rings. The van der Waals surface area contributed by atoms with Crippen LogP contribution in [0.2, 0.25) is 0 Å². The molecule has 0 atom stereocenters. The third-order valence-electron chi connectivity index (χ3n) is 3.25. The molecule has 2 heterocycles. The molecule has 120 valence electrons. The van der Waals surface area contributed by atoms with Gasteiger partial charge in [0, 0.05) is 16.6 Å². The lowest BCUT2D eigenvalue weighted by Gasteiger charge is -2.11. The standard InChI is InChI=1S/C15H12F3N3OS/c1-9-11(13-19-5-6-22-13)3-2-4-12(9)20-7-10-8-23-14(21-10)15(16,17)18/h2-6,8,20H,7H2,1H3. The lowest BCUT2D eigenvalue weighted by atomic mass is 10.1. The normalized spacial score (nSPS) is 11.7. The summed E-state index contributed by atoms with van der Waals surface area (Å²) in [5.74, 6) is 0.499. The van der Waals surface area contributed by atoms with Gasteiger partial charge in [-0.25, -0.2) is 9.97 Å². The fourth-order valence-electron chi connectivity index (χ4n) is 2.12. The number of aromatic nitrogens is 2. The van der Waals surface area contributed by atoms with Crippen LogP contribution in [0.1, 0.15) is 16.3 Å². The van der Waals surface area contributed by atoms with Crippen molar-refractivity contribution in [3.05, 3.63) is 52.3 Å². The highest BCUT2D eigenvalue weighted by molar-refractivity contribution is 7.09. The molecule has 23 heavy (non-hydrogen) atoms. The number of alkyl halides is 3. The zero-order chi connectivity index (χ0) is 16.4. The van der Waals surface area contributed by atoms with Gasteiger partial charge in [-0.15, -0.1) is 11.3 Å². The molecular formula is C15H12F3N3OS. The summed E-state index contributed by atoms with van der Waals surface area (Å²) in [6, 6.07) is 5.55. The average molecular weight is 339 g/mol. The van der Waals surface area contributed by atoms with Crippen molar-refractivity contribution in [2.24, 2.45) is 0 Å². The van der Waals surface area contributed by atoms with E-state index in [1.807, 2.05) is 25.1 Å².